The van der Waals surface area contributed by atoms with Crippen molar-refractivity contribution < 1.29 is 9.90 Å². The van der Waals surface area contributed by atoms with E-state index in [1.54, 1.807) is 0 Å². The van der Waals surface area contributed by atoms with Crippen LogP contribution in [0.3, 0.4) is 0 Å². The molecule has 0 aromatic carbocycles. The number of urea groups is 1. The second kappa shape index (κ2) is 3.09. The maximum atomic E-state index is 10.7. The van der Waals surface area contributed by atoms with E-state index < -0.39 is 12.1 Å². The Labute approximate surface area is 66.0 Å². The van der Waals surface area contributed by atoms with E-state index >= 15 is 0 Å². The van der Waals surface area contributed by atoms with Crippen molar-refractivity contribution in [3.63, 3.8) is 0 Å². The van der Waals surface area contributed by atoms with Crippen molar-refractivity contribution in [1.29, 1.82) is 0 Å². The molecule has 0 aromatic rings. The molecule has 1 saturated heterocycles. The van der Waals surface area contributed by atoms with E-state index in [1.807, 2.05) is 6.92 Å². The molecule has 0 spiro atoms. The second-order valence-electron chi connectivity index (χ2n) is 3.24. The van der Waals surface area contributed by atoms with Crippen LogP contribution in [-0.4, -0.2) is 35.2 Å². The number of hydrogen-bond acceptors (Lipinski definition) is 2. The molecule has 0 bridgehead atoms. The van der Waals surface area contributed by atoms with Crippen molar-refractivity contribution in [1.82, 2.24) is 4.90 Å². The summed E-state index contributed by atoms with van der Waals surface area (Å²) in [5.41, 5.74) is 5.07. The first-order valence-electron chi connectivity index (χ1n) is 3.82. The lowest BCUT2D eigenvalue weighted by Crippen LogP contribution is -2.47. The highest BCUT2D eigenvalue weighted by Crippen LogP contribution is 2.15. The van der Waals surface area contributed by atoms with Gasteiger partial charge in [-0.3, -0.25) is 0 Å². The number of rotatable bonds is 0. The maximum Gasteiger partial charge on any atom is 0.314 e. The summed E-state index contributed by atoms with van der Waals surface area (Å²) < 4.78 is 0. The third-order valence-corrected chi connectivity index (χ3v) is 1.95. The van der Waals surface area contributed by atoms with E-state index in [4.69, 9.17) is 5.73 Å². The first kappa shape index (κ1) is 8.33. The van der Waals surface area contributed by atoms with Crippen LogP contribution in [0.15, 0.2) is 0 Å². The molecule has 64 valence electrons. The quantitative estimate of drug-likeness (QED) is 0.511. The smallest absolute Gasteiger partial charge is 0.314 e. The van der Waals surface area contributed by atoms with Gasteiger partial charge in [-0.2, -0.15) is 0 Å². The van der Waals surface area contributed by atoms with E-state index in [-0.39, 0.29) is 0 Å². The van der Waals surface area contributed by atoms with Crippen LogP contribution < -0.4 is 5.73 Å². The third-order valence-electron chi connectivity index (χ3n) is 1.95. The van der Waals surface area contributed by atoms with Gasteiger partial charge in [0.2, 0.25) is 0 Å². The largest absolute Gasteiger partial charge is 0.391 e. The first-order valence-corrected chi connectivity index (χ1v) is 3.82. The molecule has 0 radical (unpaired) electrons. The molecule has 2 amide bonds. The summed E-state index contributed by atoms with van der Waals surface area (Å²) in [4.78, 5) is 12.2. The number of piperidine rings is 1. The van der Waals surface area contributed by atoms with Crippen molar-refractivity contribution in [2.24, 2.45) is 11.7 Å². The predicted octanol–water partition coefficient (Wildman–Crippen LogP) is -0.232. The lowest BCUT2D eigenvalue weighted by molar-refractivity contribution is 0.0629. The molecular weight excluding hydrogens is 144 g/mol. The predicted molar refractivity (Wildman–Crippen MR) is 40.9 cm³/mol. The standard InChI is InChI=1S/C7H14N2O2/c1-5-2-6(10)4-9(3-5)7(8)11/h5-6,10H,2-4H2,1H3,(H2,8,11)/t5-,6+/m1/s1. The second-order valence-corrected chi connectivity index (χ2v) is 3.24. The number of amides is 2. The molecule has 0 saturated carbocycles. The highest BCUT2D eigenvalue weighted by atomic mass is 16.3. The number of β-amino-alcohol motifs (C(OH)–C–C–N with tert-alkyl or cyclic N) is 1. The average molecular weight is 158 g/mol. The Morgan fingerprint density at radius 1 is 1.64 bits per heavy atom. The Hall–Kier alpha value is -0.770. The fourth-order valence-corrected chi connectivity index (χ4v) is 1.50. The van der Waals surface area contributed by atoms with Gasteiger partial charge >= 0.3 is 6.03 Å². The average Bonchev–Trinajstić information content (AvgIpc) is 1.85. The Bertz CT molecular complexity index is 151. The van der Waals surface area contributed by atoms with Crippen LogP contribution in [0.4, 0.5) is 4.79 Å². The first-order chi connectivity index (χ1) is 5.09. The van der Waals surface area contributed by atoms with Gasteiger partial charge in [0, 0.05) is 13.1 Å². The normalized spacial score (nSPS) is 32.0. The van der Waals surface area contributed by atoms with Crippen LogP contribution in [0.25, 0.3) is 0 Å². The molecule has 4 nitrogen and oxygen atoms in total. The van der Waals surface area contributed by atoms with Crippen LogP contribution >= 0.6 is 0 Å². The van der Waals surface area contributed by atoms with Gasteiger partial charge in [0.05, 0.1) is 6.10 Å². The molecule has 4 heteroatoms. The van der Waals surface area contributed by atoms with Crippen LogP contribution in [-0.2, 0) is 0 Å². The van der Waals surface area contributed by atoms with E-state index in [0.717, 1.165) is 6.42 Å². The van der Waals surface area contributed by atoms with Gasteiger partial charge in [-0.05, 0) is 12.3 Å². The zero-order valence-electron chi connectivity index (χ0n) is 6.66. The molecule has 0 unspecified atom stereocenters. The molecule has 0 aliphatic carbocycles. The third kappa shape index (κ3) is 2.08. The zero-order chi connectivity index (χ0) is 8.43. The summed E-state index contributed by atoms with van der Waals surface area (Å²) >= 11 is 0. The minimum absolute atomic E-state index is 0.353. The minimum atomic E-state index is -0.435. The molecule has 1 rings (SSSR count). The SMILES string of the molecule is C[C@@H]1C[C@H](O)CN(C(N)=O)C1. The van der Waals surface area contributed by atoms with E-state index in [2.05, 4.69) is 0 Å². The molecule has 2 atom stereocenters. The number of carbonyl (C=O) groups is 1. The topological polar surface area (TPSA) is 66.6 Å². The number of carbonyl (C=O) groups excluding carboxylic acids is 1. The summed E-state index contributed by atoms with van der Waals surface area (Å²) in [6, 6.07) is -0.435. The van der Waals surface area contributed by atoms with E-state index in [9.17, 15) is 9.90 Å². The van der Waals surface area contributed by atoms with Crippen molar-refractivity contribution >= 4 is 6.03 Å². The van der Waals surface area contributed by atoms with Gasteiger partial charge in [-0.15, -0.1) is 0 Å². The molecule has 1 aliphatic heterocycles. The van der Waals surface area contributed by atoms with Gasteiger partial charge in [-0.25, -0.2) is 4.79 Å². The van der Waals surface area contributed by atoms with Crippen molar-refractivity contribution in [3.05, 3.63) is 0 Å². The van der Waals surface area contributed by atoms with Crippen molar-refractivity contribution in [2.75, 3.05) is 13.1 Å². The van der Waals surface area contributed by atoms with Gasteiger partial charge < -0.3 is 15.7 Å². The van der Waals surface area contributed by atoms with Gasteiger partial charge in [0.25, 0.3) is 0 Å². The minimum Gasteiger partial charge on any atom is -0.391 e. The van der Waals surface area contributed by atoms with Gasteiger partial charge in [-0.1, -0.05) is 6.92 Å². The van der Waals surface area contributed by atoms with E-state index in [1.165, 1.54) is 4.90 Å². The van der Waals surface area contributed by atoms with Gasteiger partial charge in [0.1, 0.15) is 0 Å². The molecule has 1 heterocycles. The lowest BCUT2D eigenvalue weighted by Gasteiger charge is -2.32. The molecule has 0 aromatic heterocycles. The number of aliphatic hydroxyl groups excluding tert-OH is 1. The van der Waals surface area contributed by atoms with Crippen LogP contribution in [0, 0.1) is 5.92 Å². The van der Waals surface area contributed by atoms with Crippen LogP contribution in [0.1, 0.15) is 13.3 Å². The molecule has 11 heavy (non-hydrogen) atoms. The van der Waals surface area contributed by atoms with Crippen LogP contribution in [0.2, 0.25) is 0 Å². The Balaban J connectivity index is 2.49. The summed E-state index contributed by atoms with van der Waals surface area (Å²) in [5.74, 6) is 0.353. The number of likely N-dealkylation sites (tertiary alicyclic amines) is 1. The summed E-state index contributed by atoms with van der Waals surface area (Å²) in [7, 11) is 0. The highest BCUT2D eigenvalue weighted by molar-refractivity contribution is 5.72. The fourth-order valence-electron chi connectivity index (χ4n) is 1.50. The number of hydrogen-bond donors (Lipinski definition) is 2. The Morgan fingerprint density at radius 3 is 2.73 bits per heavy atom. The highest BCUT2D eigenvalue weighted by Gasteiger charge is 2.24. The van der Waals surface area contributed by atoms with Crippen molar-refractivity contribution in [2.45, 2.75) is 19.4 Å². The van der Waals surface area contributed by atoms with E-state index in [0.29, 0.717) is 19.0 Å². The molecule has 1 aliphatic rings. The number of nitrogens with two attached hydrogens (primary N) is 1. The summed E-state index contributed by atoms with van der Waals surface area (Å²) in [5, 5.41) is 9.25. The number of primary amides is 1. The summed E-state index contributed by atoms with van der Waals surface area (Å²) in [6.45, 7) is 3.06. The van der Waals surface area contributed by atoms with Crippen LogP contribution in [0.5, 0.6) is 0 Å². The fraction of sp³-hybridized carbons (Fsp3) is 0.857. The van der Waals surface area contributed by atoms with Crippen molar-refractivity contribution in [3.8, 4) is 0 Å². The lowest BCUT2D eigenvalue weighted by atomic mass is 9.98. The number of aliphatic hydroxyl groups is 1. The molecule has 1 fully saturated rings. The number of nitrogens with zero attached hydrogens (tertiary/aromatic N) is 1. The molecular formula is C7H14N2O2. The zero-order valence-corrected chi connectivity index (χ0v) is 6.66. The monoisotopic (exact) mass is 158 g/mol. The Morgan fingerprint density at radius 2 is 2.27 bits per heavy atom. The molecule has 3 N–H and O–H groups in total. The maximum absolute atomic E-state index is 10.7. The summed E-state index contributed by atoms with van der Waals surface area (Å²) in [6.07, 6.45) is 0.371. The Kier molecular flexibility index (Phi) is 2.34. The van der Waals surface area contributed by atoms with Gasteiger partial charge in [0.15, 0.2) is 0 Å².